The maximum absolute atomic E-state index is 12.2. The lowest BCUT2D eigenvalue weighted by Crippen LogP contribution is -2.28. The minimum atomic E-state index is -0.0156. The van der Waals surface area contributed by atoms with Gasteiger partial charge in [-0.25, -0.2) is 0 Å². The third-order valence-electron chi connectivity index (χ3n) is 3.04. The van der Waals surface area contributed by atoms with Crippen LogP contribution in [0.3, 0.4) is 0 Å². The summed E-state index contributed by atoms with van der Waals surface area (Å²) in [5.74, 6) is 0.0350. The Labute approximate surface area is 125 Å². The highest BCUT2D eigenvalue weighted by Gasteiger charge is 2.20. The van der Waals surface area contributed by atoms with Gasteiger partial charge in [-0.1, -0.05) is 61.8 Å². The van der Waals surface area contributed by atoms with Gasteiger partial charge in [0.2, 0.25) is 0 Å². The molecule has 1 aromatic rings. The van der Waals surface area contributed by atoms with E-state index in [4.69, 9.17) is 0 Å². The van der Waals surface area contributed by atoms with E-state index in [-0.39, 0.29) is 11.3 Å². The molecule has 2 nitrogen and oxygen atoms in total. The number of hydrogen-bond acceptors (Lipinski definition) is 1. The van der Waals surface area contributed by atoms with E-state index in [1.165, 1.54) is 0 Å². The van der Waals surface area contributed by atoms with Crippen molar-refractivity contribution in [2.45, 2.75) is 50.8 Å². The fourth-order valence-corrected chi connectivity index (χ4v) is 2.34. The number of alkyl halides is 1. The minimum Gasteiger partial charge on any atom is -0.352 e. The van der Waals surface area contributed by atoms with Crippen LogP contribution in [0.5, 0.6) is 0 Å². The third kappa shape index (κ3) is 5.35. The number of nitrogens with one attached hydrogen (secondary N) is 1. The minimum absolute atomic E-state index is 0.0156. The van der Waals surface area contributed by atoms with E-state index in [0.717, 1.165) is 30.5 Å². The summed E-state index contributed by atoms with van der Waals surface area (Å²) in [4.78, 5) is 12.7. The van der Waals surface area contributed by atoms with Crippen LogP contribution in [0.15, 0.2) is 24.3 Å². The topological polar surface area (TPSA) is 29.1 Å². The quantitative estimate of drug-likeness (QED) is 0.635. The summed E-state index contributed by atoms with van der Waals surface area (Å²) >= 11 is 3.51. The molecule has 0 saturated heterocycles. The molecular formula is C16H24BrNO. The van der Waals surface area contributed by atoms with Crippen molar-refractivity contribution in [3.63, 3.8) is 0 Å². The molecule has 1 amide bonds. The van der Waals surface area contributed by atoms with Crippen molar-refractivity contribution in [2.75, 3.05) is 6.54 Å². The van der Waals surface area contributed by atoms with Crippen molar-refractivity contribution in [2.24, 2.45) is 0 Å². The molecule has 0 saturated carbocycles. The summed E-state index contributed by atoms with van der Waals surface area (Å²) in [6.07, 6.45) is 2.07. The average Bonchev–Trinajstić information content (AvgIpc) is 2.33. The maximum Gasteiger partial charge on any atom is 0.251 e. The Morgan fingerprint density at radius 1 is 1.32 bits per heavy atom. The second-order valence-electron chi connectivity index (χ2n) is 5.97. The van der Waals surface area contributed by atoms with Crippen LogP contribution in [0.25, 0.3) is 0 Å². The van der Waals surface area contributed by atoms with Gasteiger partial charge in [0.15, 0.2) is 0 Å². The number of carbonyl (C=O) groups excluding carboxylic acids is 1. The molecule has 0 fully saturated rings. The molecule has 0 aliphatic rings. The summed E-state index contributed by atoms with van der Waals surface area (Å²) < 4.78 is 0. The lowest BCUT2D eigenvalue weighted by molar-refractivity contribution is 0.0951. The summed E-state index contributed by atoms with van der Waals surface area (Å²) in [6.45, 7) is 9.24. The molecule has 19 heavy (non-hydrogen) atoms. The van der Waals surface area contributed by atoms with Crippen molar-refractivity contribution in [1.82, 2.24) is 5.32 Å². The first kappa shape index (κ1) is 16.2. The zero-order valence-corrected chi connectivity index (χ0v) is 13.9. The predicted molar refractivity (Wildman–Crippen MR) is 85.1 cm³/mol. The Hall–Kier alpha value is -0.830. The van der Waals surface area contributed by atoms with Crippen LogP contribution in [0.4, 0.5) is 0 Å². The number of rotatable bonds is 5. The molecule has 1 unspecified atom stereocenters. The highest BCUT2D eigenvalue weighted by molar-refractivity contribution is 9.09. The number of carbonyl (C=O) groups is 1. The van der Waals surface area contributed by atoms with Crippen LogP contribution in [0, 0.1) is 0 Å². The molecule has 106 valence electrons. The lowest BCUT2D eigenvalue weighted by Gasteiger charge is -2.22. The fourth-order valence-electron chi connectivity index (χ4n) is 2.02. The van der Waals surface area contributed by atoms with Gasteiger partial charge in [0.05, 0.1) is 0 Å². The van der Waals surface area contributed by atoms with Crippen LogP contribution in [-0.2, 0) is 5.41 Å². The Morgan fingerprint density at radius 2 is 1.95 bits per heavy atom. The average molecular weight is 326 g/mol. The van der Waals surface area contributed by atoms with E-state index in [9.17, 15) is 4.79 Å². The van der Waals surface area contributed by atoms with E-state index in [0.29, 0.717) is 4.83 Å². The van der Waals surface area contributed by atoms with Gasteiger partial charge >= 0.3 is 0 Å². The highest BCUT2D eigenvalue weighted by Crippen LogP contribution is 2.25. The molecule has 1 rings (SSSR count). The monoisotopic (exact) mass is 325 g/mol. The molecule has 0 aliphatic carbocycles. The van der Waals surface area contributed by atoms with Gasteiger partial charge in [0.25, 0.3) is 5.91 Å². The molecule has 1 aromatic carbocycles. The van der Waals surface area contributed by atoms with Crippen molar-refractivity contribution in [3.05, 3.63) is 35.4 Å². The molecule has 1 atom stereocenters. The summed E-state index contributed by atoms with van der Waals surface area (Å²) in [6, 6.07) is 7.85. The van der Waals surface area contributed by atoms with E-state index in [1.54, 1.807) is 0 Å². The molecule has 3 heteroatoms. The smallest absolute Gasteiger partial charge is 0.251 e. The molecule has 0 heterocycles. The van der Waals surface area contributed by atoms with Crippen LogP contribution in [-0.4, -0.2) is 17.3 Å². The lowest BCUT2D eigenvalue weighted by atomic mass is 9.83. The highest BCUT2D eigenvalue weighted by atomic mass is 79.9. The molecule has 0 aromatic heterocycles. The number of benzene rings is 1. The molecule has 1 N–H and O–H groups in total. The van der Waals surface area contributed by atoms with Crippen molar-refractivity contribution < 1.29 is 4.79 Å². The van der Waals surface area contributed by atoms with Crippen LogP contribution < -0.4 is 5.32 Å². The summed E-state index contributed by atoms with van der Waals surface area (Å²) in [7, 11) is 0. The third-order valence-corrected chi connectivity index (χ3v) is 3.50. The fraction of sp³-hybridized carbons (Fsp3) is 0.562. The predicted octanol–water partition coefficient (Wildman–Crippen LogP) is 4.28. The van der Waals surface area contributed by atoms with Gasteiger partial charge in [0.1, 0.15) is 0 Å². The maximum atomic E-state index is 12.2. The SMILES string of the molecule is CC(Br)CCCNC(=O)c1ccccc1C(C)(C)C. The second kappa shape index (κ2) is 7.09. The molecule has 0 bridgehead atoms. The van der Waals surface area contributed by atoms with Gasteiger partial charge in [-0.15, -0.1) is 0 Å². The van der Waals surface area contributed by atoms with E-state index < -0.39 is 0 Å². The van der Waals surface area contributed by atoms with E-state index in [1.807, 2.05) is 24.3 Å². The van der Waals surface area contributed by atoms with Crippen LogP contribution in [0.1, 0.15) is 56.5 Å². The normalized spacial score (nSPS) is 13.1. The first-order valence-electron chi connectivity index (χ1n) is 6.84. The zero-order valence-electron chi connectivity index (χ0n) is 12.3. The van der Waals surface area contributed by atoms with Crippen LogP contribution >= 0.6 is 15.9 Å². The Balaban J connectivity index is 2.67. The number of amides is 1. The summed E-state index contributed by atoms with van der Waals surface area (Å²) in [5, 5.41) is 3.01. The first-order valence-corrected chi connectivity index (χ1v) is 7.75. The van der Waals surface area contributed by atoms with Crippen molar-refractivity contribution in [1.29, 1.82) is 0 Å². The largest absolute Gasteiger partial charge is 0.352 e. The van der Waals surface area contributed by atoms with Crippen molar-refractivity contribution >= 4 is 21.8 Å². The van der Waals surface area contributed by atoms with Gasteiger partial charge in [-0.3, -0.25) is 4.79 Å². The van der Waals surface area contributed by atoms with Gasteiger partial charge in [-0.2, -0.15) is 0 Å². The Bertz CT molecular complexity index is 421. The molecule has 0 radical (unpaired) electrons. The van der Waals surface area contributed by atoms with E-state index in [2.05, 4.69) is 48.9 Å². The van der Waals surface area contributed by atoms with Crippen molar-refractivity contribution in [3.8, 4) is 0 Å². The van der Waals surface area contributed by atoms with Crippen LogP contribution in [0.2, 0.25) is 0 Å². The Kier molecular flexibility index (Phi) is 6.05. The van der Waals surface area contributed by atoms with E-state index >= 15 is 0 Å². The molecule has 0 aliphatic heterocycles. The second-order valence-corrected chi connectivity index (χ2v) is 7.54. The zero-order chi connectivity index (χ0) is 14.5. The van der Waals surface area contributed by atoms with Gasteiger partial charge < -0.3 is 5.32 Å². The number of halogens is 1. The van der Waals surface area contributed by atoms with Gasteiger partial charge in [0, 0.05) is 16.9 Å². The summed E-state index contributed by atoms with van der Waals surface area (Å²) in [5.41, 5.74) is 1.88. The van der Waals surface area contributed by atoms with Gasteiger partial charge in [-0.05, 0) is 29.9 Å². The molecular weight excluding hydrogens is 302 g/mol. The number of hydrogen-bond donors (Lipinski definition) is 1. The Morgan fingerprint density at radius 3 is 2.53 bits per heavy atom. The standard InChI is InChI=1S/C16H24BrNO/c1-12(17)8-7-11-18-15(19)13-9-5-6-10-14(13)16(2,3)4/h5-6,9-10,12H,7-8,11H2,1-4H3,(H,18,19). The molecule has 0 spiro atoms. The first-order chi connectivity index (χ1) is 8.82.